The molecule has 0 aromatic heterocycles. The lowest BCUT2D eigenvalue weighted by atomic mass is 10.2. The van der Waals surface area contributed by atoms with Gasteiger partial charge in [-0.15, -0.1) is 0 Å². The van der Waals surface area contributed by atoms with Crippen LogP contribution in [-0.4, -0.2) is 36.3 Å². The highest BCUT2D eigenvalue weighted by Gasteiger charge is 2.26. The standard InChI is InChI=1S/C10H17NO6/c1-5-16-8(14)6(7(12)13)11-9(15)17-10(2,3)4/h6H,5H2,1-4H3,(H,11,15)(H,12,13)/p-1/t6-/m1/s1. The fraction of sp³-hybridized carbons (Fsp3) is 0.700. The van der Waals surface area contributed by atoms with Crippen LogP contribution in [0.1, 0.15) is 27.7 Å². The minimum Gasteiger partial charge on any atom is -0.547 e. The number of amides is 1. The summed E-state index contributed by atoms with van der Waals surface area (Å²) in [5.41, 5.74) is -0.796. The molecule has 0 fully saturated rings. The molecular formula is C10H16NO6-. The zero-order valence-electron chi connectivity index (χ0n) is 10.2. The Morgan fingerprint density at radius 1 is 1.29 bits per heavy atom. The van der Waals surface area contributed by atoms with E-state index in [1.165, 1.54) is 6.92 Å². The van der Waals surface area contributed by atoms with E-state index in [1.807, 2.05) is 5.32 Å². The number of carbonyl (C=O) groups excluding carboxylic acids is 3. The second-order valence-corrected chi connectivity index (χ2v) is 4.15. The van der Waals surface area contributed by atoms with Crippen molar-refractivity contribution in [1.29, 1.82) is 0 Å². The summed E-state index contributed by atoms with van der Waals surface area (Å²) in [5, 5.41) is 12.5. The molecule has 0 aliphatic rings. The first-order valence-electron chi connectivity index (χ1n) is 5.04. The summed E-state index contributed by atoms with van der Waals surface area (Å²) >= 11 is 0. The second-order valence-electron chi connectivity index (χ2n) is 4.15. The van der Waals surface area contributed by atoms with Gasteiger partial charge in [0.2, 0.25) is 0 Å². The number of carboxylic acids is 1. The van der Waals surface area contributed by atoms with E-state index >= 15 is 0 Å². The molecule has 0 radical (unpaired) electrons. The Hall–Kier alpha value is -1.79. The fourth-order valence-corrected chi connectivity index (χ4v) is 0.865. The Bertz CT molecular complexity index is 306. The summed E-state index contributed by atoms with van der Waals surface area (Å²) in [5.74, 6) is -2.85. The summed E-state index contributed by atoms with van der Waals surface area (Å²) in [6.45, 7) is 6.32. The van der Waals surface area contributed by atoms with Gasteiger partial charge in [0.05, 0.1) is 12.6 Å². The minimum absolute atomic E-state index is 0.00138. The Labute approximate surface area is 99.1 Å². The molecule has 0 aromatic carbocycles. The number of hydrogen-bond acceptors (Lipinski definition) is 6. The highest BCUT2D eigenvalue weighted by atomic mass is 16.6. The Kier molecular flexibility index (Phi) is 5.43. The summed E-state index contributed by atoms with van der Waals surface area (Å²) in [7, 11) is 0. The van der Waals surface area contributed by atoms with Crippen molar-refractivity contribution in [2.75, 3.05) is 6.61 Å². The third kappa shape index (κ3) is 6.39. The maximum Gasteiger partial charge on any atom is 0.408 e. The molecule has 98 valence electrons. The molecule has 0 unspecified atom stereocenters. The number of esters is 1. The van der Waals surface area contributed by atoms with Crippen LogP contribution in [0.2, 0.25) is 0 Å². The molecule has 0 spiro atoms. The van der Waals surface area contributed by atoms with E-state index in [0.29, 0.717) is 0 Å². The van der Waals surface area contributed by atoms with Gasteiger partial charge in [0.25, 0.3) is 0 Å². The van der Waals surface area contributed by atoms with Crippen LogP contribution in [-0.2, 0) is 19.1 Å². The number of carboxylic acid groups (broad SMARTS) is 1. The molecule has 0 aromatic rings. The molecule has 0 aliphatic heterocycles. The molecule has 17 heavy (non-hydrogen) atoms. The highest BCUT2D eigenvalue weighted by Crippen LogP contribution is 2.06. The van der Waals surface area contributed by atoms with E-state index in [9.17, 15) is 19.5 Å². The van der Waals surface area contributed by atoms with Crippen LogP contribution in [0.5, 0.6) is 0 Å². The minimum atomic E-state index is -1.87. The predicted octanol–water partition coefficient (Wildman–Crippen LogP) is -0.807. The molecule has 0 rings (SSSR count). The maximum absolute atomic E-state index is 11.3. The van der Waals surface area contributed by atoms with Crippen molar-refractivity contribution in [2.45, 2.75) is 39.3 Å². The molecule has 0 bridgehead atoms. The van der Waals surface area contributed by atoms with Crippen molar-refractivity contribution in [2.24, 2.45) is 0 Å². The van der Waals surface area contributed by atoms with E-state index in [2.05, 4.69) is 4.74 Å². The van der Waals surface area contributed by atoms with Crippen molar-refractivity contribution in [3.8, 4) is 0 Å². The Balaban J connectivity index is 4.51. The number of carbonyl (C=O) groups is 3. The summed E-state index contributed by atoms with van der Waals surface area (Å²) in [6.07, 6.45) is -1.03. The average molecular weight is 246 g/mol. The van der Waals surface area contributed by atoms with Crippen LogP contribution >= 0.6 is 0 Å². The van der Waals surface area contributed by atoms with Crippen molar-refractivity contribution < 1.29 is 29.0 Å². The first-order chi connectivity index (χ1) is 7.67. The Morgan fingerprint density at radius 3 is 2.18 bits per heavy atom. The number of ether oxygens (including phenoxy) is 2. The van der Waals surface area contributed by atoms with Gasteiger partial charge >= 0.3 is 12.1 Å². The number of nitrogens with one attached hydrogen (secondary N) is 1. The zero-order valence-corrected chi connectivity index (χ0v) is 10.2. The van der Waals surface area contributed by atoms with Gasteiger partial charge in [-0.2, -0.15) is 0 Å². The van der Waals surface area contributed by atoms with Gasteiger partial charge in [-0.05, 0) is 27.7 Å². The average Bonchev–Trinajstić information content (AvgIpc) is 2.11. The smallest absolute Gasteiger partial charge is 0.408 e. The van der Waals surface area contributed by atoms with Crippen molar-refractivity contribution in [3.63, 3.8) is 0 Å². The van der Waals surface area contributed by atoms with Crippen LogP contribution in [0.4, 0.5) is 4.79 Å². The van der Waals surface area contributed by atoms with Crippen LogP contribution in [0.15, 0.2) is 0 Å². The molecule has 1 amide bonds. The van der Waals surface area contributed by atoms with Gasteiger partial charge in [0, 0.05) is 0 Å². The molecule has 0 saturated carbocycles. The van der Waals surface area contributed by atoms with E-state index in [0.717, 1.165) is 0 Å². The number of rotatable bonds is 4. The SMILES string of the molecule is CCOC(=O)[C@H](NC(=O)OC(C)(C)C)C(=O)[O-]. The highest BCUT2D eigenvalue weighted by molar-refractivity contribution is 5.99. The summed E-state index contributed by atoms with van der Waals surface area (Å²) < 4.78 is 9.26. The lowest BCUT2D eigenvalue weighted by molar-refractivity contribution is -0.307. The lowest BCUT2D eigenvalue weighted by Crippen LogP contribution is -2.54. The normalized spacial score (nSPS) is 12.5. The van der Waals surface area contributed by atoms with Gasteiger partial charge in [-0.3, -0.25) is 0 Å². The molecule has 7 heteroatoms. The van der Waals surface area contributed by atoms with E-state index in [1.54, 1.807) is 20.8 Å². The largest absolute Gasteiger partial charge is 0.547 e. The first kappa shape index (κ1) is 15.2. The monoisotopic (exact) mass is 246 g/mol. The summed E-state index contributed by atoms with van der Waals surface area (Å²) in [6, 6.07) is -1.87. The molecule has 0 saturated heterocycles. The fourth-order valence-electron chi connectivity index (χ4n) is 0.865. The first-order valence-corrected chi connectivity index (χ1v) is 5.04. The van der Waals surface area contributed by atoms with E-state index < -0.39 is 29.7 Å². The van der Waals surface area contributed by atoms with Gasteiger partial charge in [0.15, 0.2) is 6.04 Å². The van der Waals surface area contributed by atoms with Crippen LogP contribution in [0, 0.1) is 0 Å². The van der Waals surface area contributed by atoms with E-state index in [-0.39, 0.29) is 6.61 Å². The molecule has 1 N–H and O–H groups in total. The number of hydrogen-bond donors (Lipinski definition) is 1. The van der Waals surface area contributed by atoms with Crippen molar-refractivity contribution in [3.05, 3.63) is 0 Å². The summed E-state index contributed by atoms with van der Waals surface area (Å²) in [4.78, 5) is 33.1. The third-order valence-corrected chi connectivity index (χ3v) is 1.42. The van der Waals surface area contributed by atoms with E-state index in [4.69, 9.17) is 4.74 Å². The Morgan fingerprint density at radius 2 is 1.82 bits per heavy atom. The molecular weight excluding hydrogens is 230 g/mol. The van der Waals surface area contributed by atoms with Crippen LogP contribution in [0.3, 0.4) is 0 Å². The number of alkyl carbamates (subject to hydrolysis) is 1. The molecule has 0 aliphatic carbocycles. The van der Waals surface area contributed by atoms with Crippen molar-refractivity contribution in [1.82, 2.24) is 5.32 Å². The maximum atomic E-state index is 11.3. The number of aliphatic carboxylic acids is 1. The molecule has 7 nitrogen and oxygen atoms in total. The van der Waals surface area contributed by atoms with Crippen LogP contribution < -0.4 is 10.4 Å². The van der Waals surface area contributed by atoms with Crippen molar-refractivity contribution >= 4 is 18.0 Å². The van der Waals surface area contributed by atoms with Gasteiger partial charge < -0.3 is 24.7 Å². The third-order valence-electron chi connectivity index (χ3n) is 1.42. The van der Waals surface area contributed by atoms with Gasteiger partial charge in [-0.25, -0.2) is 9.59 Å². The molecule has 0 heterocycles. The second kappa shape index (κ2) is 6.07. The quantitative estimate of drug-likeness (QED) is 0.514. The van der Waals surface area contributed by atoms with Crippen LogP contribution in [0.25, 0.3) is 0 Å². The molecule has 1 atom stereocenters. The topological polar surface area (TPSA) is 105 Å². The lowest BCUT2D eigenvalue weighted by Gasteiger charge is -2.23. The predicted molar refractivity (Wildman–Crippen MR) is 54.8 cm³/mol. The zero-order chi connectivity index (χ0) is 13.6. The van der Waals surface area contributed by atoms with Gasteiger partial charge in [-0.1, -0.05) is 0 Å². The van der Waals surface area contributed by atoms with Gasteiger partial charge in [0.1, 0.15) is 5.60 Å².